The number of carbonyl (C=O) groups is 2. The van der Waals surface area contributed by atoms with Crippen molar-refractivity contribution in [3.8, 4) is 5.75 Å². The zero-order valence-corrected chi connectivity index (χ0v) is 22.3. The van der Waals surface area contributed by atoms with Crippen LogP contribution in [0, 0.1) is 6.92 Å². The Labute approximate surface area is 209 Å². The van der Waals surface area contributed by atoms with E-state index < -0.39 is 28.5 Å². The summed E-state index contributed by atoms with van der Waals surface area (Å²) in [7, 11) is -3.78. The number of nitrogens with one attached hydrogen (secondary N) is 1. The zero-order valence-electron chi connectivity index (χ0n) is 21.4. The van der Waals surface area contributed by atoms with Crippen LogP contribution in [0.2, 0.25) is 0 Å². The number of amides is 2. The number of anilines is 1. The molecule has 2 aromatic rings. The van der Waals surface area contributed by atoms with Crippen LogP contribution < -0.4 is 14.4 Å². The third-order valence-electron chi connectivity index (χ3n) is 5.37. The number of benzene rings is 2. The first-order valence-corrected chi connectivity index (χ1v) is 13.7. The van der Waals surface area contributed by atoms with E-state index in [0.29, 0.717) is 24.5 Å². The largest absolute Gasteiger partial charge is 0.494 e. The fraction of sp³-hybridized carbons (Fsp3) is 0.462. The average molecular weight is 504 g/mol. The van der Waals surface area contributed by atoms with Gasteiger partial charge in [0.25, 0.3) is 0 Å². The van der Waals surface area contributed by atoms with Gasteiger partial charge in [0.2, 0.25) is 21.8 Å². The van der Waals surface area contributed by atoms with Crippen molar-refractivity contribution in [2.45, 2.75) is 59.7 Å². The van der Waals surface area contributed by atoms with Crippen LogP contribution in [0.3, 0.4) is 0 Å². The first-order valence-electron chi connectivity index (χ1n) is 11.8. The summed E-state index contributed by atoms with van der Waals surface area (Å²) in [4.78, 5) is 28.1. The van der Waals surface area contributed by atoms with E-state index in [-0.39, 0.29) is 18.5 Å². The van der Waals surface area contributed by atoms with Gasteiger partial charge in [-0.3, -0.25) is 13.9 Å². The molecule has 0 fully saturated rings. The number of rotatable bonds is 12. The highest BCUT2D eigenvalue weighted by Crippen LogP contribution is 2.23. The minimum atomic E-state index is -3.78. The molecule has 35 heavy (non-hydrogen) atoms. The molecule has 0 spiro atoms. The van der Waals surface area contributed by atoms with Crippen LogP contribution in [0.5, 0.6) is 5.75 Å². The standard InChI is InChI=1S/C26H37N3O5S/c1-7-24(26(31)27-19(3)4)28(17-21-11-9-10-20(5)16-21)25(30)18-29(35(6,32)33)22-12-14-23(15-13-22)34-8-2/h9-16,19,24H,7-8,17-18H2,1-6H3,(H,27,31). The Hall–Kier alpha value is -3.07. The van der Waals surface area contributed by atoms with Crippen molar-refractivity contribution in [2.75, 3.05) is 23.7 Å². The van der Waals surface area contributed by atoms with E-state index in [1.807, 2.05) is 58.9 Å². The highest BCUT2D eigenvalue weighted by Gasteiger charge is 2.32. The lowest BCUT2D eigenvalue weighted by molar-refractivity contribution is -0.140. The molecule has 0 heterocycles. The number of hydrogen-bond donors (Lipinski definition) is 1. The Bertz CT molecular complexity index is 1100. The predicted octanol–water partition coefficient (Wildman–Crippen LogP) is 3.49. The molecule has 0 aliphatic rings. The summed E-state index contributed by atoms with van der Waals surface area (Å²) in [5.41, 5.74) is 2.24. The van der Waals surface area contributed by atoms with E-state index in [0.717, 1.165) is 21.7 Å². The molecule has 192 valence electrons. The lowest BCUT2D eigenvalue weighted by Gasteiger charge is -2.33. The van der Waals surface area contributed by atoms with E-state index in [2.05, 4.69) is 5.32 Å². The van der Waals surface area contributed by atoms with Crippen LogP contribution in [0.1, 0.15) is 45.2 Å². The Morgan fingerprint density at radius 1 is 1.06 bits per heavy atom. The van der Waals surface area contributed by atoms with Gasteiger partial charge in [0, 0.05) is 12.6 Å². The summed E-state index contributed by atoms with van der Waals surface area (Å²) >= 11 is 0. The summed E-state index contributed by atoms with van der Waals surface area (Å²) in [6, 6.07) is 13.4. The van der Waals surface area contributed by atoms with E-state index in [4.69, 9.17) is 4.74 Å². The van der Waals surface area contributed by atoms with E-state index >= 15 is 0 Å². The fourth-order valence-electron chi connectivity index (χ4n) is 3.80. The van der Waals surface area contributed by atoms with Crippen LogP contribution in [0.15, 0.2) is 48.5 Å². The monoisotopic (exact) mass is 503 g/mol. The van der Waals surface area contributed by atoms with Crippen LogP contribution in [0.25, 0.3) is 0 Å². The molecule has 9 heteroatoms. The molecular formula is C26H37N3O5S. The number of sulfonamides is 1. The molecule has 2 rings (SSSR count). The molecule has 8 nitrogen and oxygen atoms in total. The van der Waals surface area contributed by atoms with Gasteiger partial charge >= 0.3 is 0 Å². The number of ether oxygens (including phenoxy) is 1. The maximum Gasteiger partial charge on any atom is 0.244 e. The SMILES string of the molecule is CCOc1ccc(N(CC(=O)N(Cc2cccc(C)c2)C(CC)C(=O)NC(C)C)S(C)(=O)=O)cc1. The number of nitrogens with zero attached hydrogens (tertiary/aromatic N) is 2. The van der Waals surface area contributed by atoms with Crippen molar-refractivity contribution in [3.05, 3.63) is 59.7 Å². The molecule has 0 saturated heterocycles. The molecule has 2 amide bonds. The van der Waals surface area contributed by atoms with Gasteiger partial charge in [-0.2, -0.15) is 0 Å². The Kier molecular flexibility index (Phi) is 10.1. The molecule has 1 atom stereocenters. The van der Waals surface area contributed by atoms with Crippen molar-refractivity contribution in [1.82, 2.24) is 10.2 Å². The Balaban J connectivity index is 2.42. The second-order valence-electron chi connectivity index (χ2n) is 8.79. The van der Waals surface area contributed by atoms with Gasteiger partial charge < -0.3 is 15.0 Å². The zero-order chi connectivity index (χ0) is 26.2. The lowest BCUT2D eigenvalue weighted by atomic mass is 10.1. The van der Waals surface area contributed by atoms with Gasteiger partial charge in [-0.15, -0.1) is 0 Å². The van der Waals surface area contributed by atoms with E-state index in [1.165, 1.54) is 4.90 Å². The molecule has 0 aliphatic heterocycles. The van der Waals surface area contributed by atoms with Crippen molar-refractivity contribution < 1.29 is 22.7 Å². The average Bonchev–Trinajstić information content (AvgIpc) is 2.77. The molecule has 0 saturated carbocycles. The molecule has 0 aliphatic carbocycles. The summed E-state index contributed by atoms with van der Waals surface area (Å²) in [5, 5.41) is 2.88. The third-order valence-corrected chi connectivity index (χ3v) is 6.51. The van der Waals surface area contributed by atoms with Crippen LogP contribution in [0.4, 0.5) is 5.69 Å². The molecule has 1 N–H and O–H groups in total. The first-order chi connectivity index (χ1) is 16.5. The number of hydrogen-bond acceptors (Lipinski definition) is 5. The van der Waals surface area contributed by atoms with E-state index in [1.54, 1.807) is 24.3 Å². The third kappa shape index (κ3) is 8.28. The van der Waals surface area contributed by atoms with Crippen molar-refractivity contribution in [3.63, 3.8) is 0 Å². The number of carbonyl (C=O) groups excluding carboxylic acids is 2. The first kappa shape index (κ1) is 28.2. The van der Waals surface area contributed by atoms with Crippen molar-refractivity contribution >= 4 is 27.5 Å². The summed E-state index contributed by atoms with van der Waals surface area (Å²) in [5.74, 6) is -0.124. The van der Waals surface area contributed by atoms with Gasteiger partial charge in [0.05, 0.1) is 18.6 Å². The van der Waals surface area contributed by atoms with E-state index in [9.17, 15) is 18.0 Å². The minimum Gasteiger partial charge on any atom is -0.494 e. The molecule has 1 unspecified atom stereocenters. The molecule has 0 aromatic heterocycles. The molecule has 0 radical (unpaired) electrons. The maximum atomic E-state index is 13.6. The lowest BCUT2D eigenvalue weighted by Crippen LogP contribution is -2.53. The van der Waals surface area contributed by atoms with Crippen LogP contribution in [-0.2, 0) is 26.2 Å². The van der Waals surface area contributed by atoms with Gasteiger partial charge in [-0.05, 0) is 63.9 Å². The quantitative estimate of drug-likeness (QED) is 0.478. The molecule has 0 bridgehead atoms. The normalized spacial score (nSPS) is 12.2. The molecule has 2 aromatic carbocycles. The fourth-order valence-corrected chi connectivity index (χ4v) is 4.65. The van der Waals surface area contributed by atoms with Gasteiger partial charge in [0.15, 0.2) is 0 Å². The van der Waals surface area contributed by atoms with Gasteiger partial charge in [0.1, 0.15) is 18.3 Å². The maximum absolute atomic E-state index is 13.6. The highest BCUT2D eigenvalue weighted by molar-refractivity contribution is 7.92. The van der Waals surface area contributed by atoms with Gasteiger partial charge in [-0.25, -0.2) is 8.42 Å². The Morgan fingerprint density at radius 3 is 2.23 bits per heavy atom. The Morgan fingerprint density at radius 2 is 1.71 bits per heavy atom. The van der Waals surface area contributed by atoms with Crippen LogP contribution >= 0.6 is 0 Å². The smallest absolute Gasteiger partial charge is 0.244 e. The molecular weight excluding hydrogens is 466 g/mol. The van der Waals surface area contributed by atoms with Gasteiger partial charge in [-0.1, -0.05) is 36.8 Å². The summed E-state index contributed by atoms with van der Waals surface area (Å²) in [6.45, 7) is 9.60. The topological polar surface area (TPSA) is 96.0 Å². The summed E-state index contributed by atoms with van der Waals surface area (Å²) < 4.78 is 31.8. The second kappa shape index (κ2) is 12.6. The summed E-state index contributed by atoms with van der Waals surface area (Å²) in [6.07, 6.45) is 1.45. The predicted molar refractivity (Wildman–Crippen MR) is 139 cm³/mol. The number of aryl methyl sites for hydroxylation is 1. The van der Waals surface area contributed by atoms with Crippen molar-refractivity contribution in [2.24, 2.45) is 0 Å². The second-order valence-corrected chi connectivity index (χ2v) is 10.7. The van der Waals surface area contributed by atoms with Crippen molar-refractivity contribution in [1.29, 1.82) is 0 Å². The van der Waals surface area contributed by atoms with Crippen LogP contribution in [-0.4, -0.2) is 56.6 Å². The minimum absolute atomic E-state index is 0.0937. The highest BCUT2D eigenvalue weighted by atomic mass is 32.2.